The molecule has 1 aliphatic rings. The van der Waals surface area contributed by atoms with Gasteiger partial charge in [-0.2, -0.15) is 5.10 Å². The Balaban J connectivity index is 1.61. The maximum atomic E-state index is 12.9. The van der Waals surface area contributed by atoms with Crippen molar-refractivity contribution < 1.29 is 4.79 Å². The Bertz CT molecular complexity index is 875. The Morgan fingerprint density at radius 2 is 2.04 bits per heavy atom. The van der Waals surface area contributed by atoms with Gasteiger partial charge in [0.2, 0.25) is 5.91 Å². The van der Waals surface area contributed by atoms with Crippen LogP contribution in [0.2, 0.25) is 0 Å². The molecule has 0 saturated carbocycles. The average Bonchev–Trinajstić information content (AvgIpc) is 3.00. The molecule has 1 fully saturated rings. The van der Waals surface area contributed by atoms with Crippen molar-refractivity contribution in [1.29, 1.82) is 0 Å². The summed E-state index contributed by atoms with van der Waals surface area (Å²) in [5.41, 5.74) is 1.68. The molecule has 0 unspecified atom stereocenters. The number of nitrogens with one attached hydrogen (secondary N) is 1. The molecule has 1 saturated heterocycles. The second kappa shape index (κ2) is 5.92. The van der Waals surface area contributed by atoms with E-state index in [4.69, 9.17) is 0 Å². The maximum absolute atomic E-state index is 12.9. The fourth-order valence-electron chi connectivity index (χ4n) is 3.12. The van der Waals surface area contributed by atoms with Crippen LogP contribution in [-0.4, -0.2) is 38.2 Å². The number of amides is 1. The molecule has 1 atom stereocenters. The summed E-state index contributed by atoms with van der Waals surface area (Å²) in [5, 5.41) is 8.32. The maximum Gasteiger partial charge on any atom is 0.249 e. The summed E-state index contributed by atoms with van der Waals surface area (Å²) in [6.07, 6.45) is 4.95. The number of fused-ring (bicyclic) bond motifs is 1. The first-order valence-corrected chi connectivity index (χ1v) is 8.00. The smallest absolute Gasteiger partial charge is 0.249 e. The zero-order valence-electron chi connectivity index (χ0n) is 13.4. The third-order valence-electron chi connectivity index (χ3n) is 4.35. The predicted octanol–water partition coefficient (Wildman–Crippen LogP) is 1.97. The number of hydrogen-bond acceptors (Lipinski definition) is 5. The van der Waals surface area contributed by atoms with E-state index in [1.54, 1.807) is 10.9 Å². The highest BCUT2D eigenvalue weighted by molar-refractivity contribution is 6.00. The van der Waals surface area contributed by atoms with Crippen LogP contribution in [0.4, 0.5) is 11.5 Å². The van der Waals surface area contributed by atoms with Crippen molar-refractivity contribution in [2.75, 3.05) is 16.8 Å². The van der Waals surface area contributed by atoms with Crippen molar-refractivity contribution in [3.8, 4) is 0 Å². The first-order chi connectivity index (χ1) is 11.7. The summed E-state index contributed by atoms with van der Waals surface area (Å²) < 4.78 is 1.70. The lowest BCUT2D eigenvalue weighted by Gasteiger charge is -2.33. The van der Waals surface area contributed by atoms with Gasteiger partial charge in [-0.1, -0.05) is 18.2 Å². The highest BCUT2D eigenvalue weighted by atomic mass is 16.2. The van der Waals surface area contributed by atoms with Crippen LogP contribution in [0.25, 0.3) is 11.0 Å². The van der Waals surface area contributed by atoms with Gasteiger partial charge in [-0.05, 0) is 25.0 Å². The number of nitrogens with zero attached hydrogens (tertiary/aromatic N) is 5. The molecule has 7 nitrogen and oxygen atoms in total. The molecule has 1 amide bonds. The predicted molar refractivity (Wildman–Crippen MR) is 91.7 cm³/mol. The number of anilines is 2. The van der Waals surface area contributed by atoms with Crippen LogP contribution < -0.4 is 10.2 Å². The van der Waals surface area contributed by atoms with Crippen molar-refractivity contribution in [3.05, 3.63) is 42.9 Å². The molecule has 122 valence electrons. The van der Waals surface area contributed by atoms with E-state index in [1.807, 2.05) is 42.3 Å². The normalized spacial score (nSPS) is 18.1. The minimum Gasteiger partial charge on any atom is -0.358 e. The van der Waals surface area contributed by atoms with Crippen LogP contribution in [0.15, 0.2) is 42.9 Å². The topological polar surface area (TPSA) is 75.9 Å². The van der Waals surface area contributed by atoms with Gasteiger partial charge in [-0.25, -0.2) is 9.97 Å². The lowest BCUT2D eigenvalue weighted by atomic mass is 10.0. The molecule has 0 spiro atoms. The second-order valence-corrected chi connectivity index (χ2v) is 5.89. The van der Waals surface area contributed by atoms with Gasteiger partial charge in [-0.15, -0.1) is 0 Å². The van der Waals surface area contributed by atoms with Crippen LogP contribution in [0.5, 0.6) is 0 Å². The molecule has 3 aromatic rings. The average molecular weight is 322 g/mol. The molecule has 2 aromatic heterocycles. The summed E-state index contributed by atoms with van der Waals surface area (Å²) in [7, 11) is 1.84. The van der Waals surface area contributed by atoms with E-state index >= 15 is 0 Å². The number of aryl methyl sites for hydroxylation is 1. The fourth-order valence-corrected chi connectivity index (χ4v) is 3.12. The molecule has 0 radical (unpaired) electrons. The van der Waals surface area contributed by atoms with E-state index in [-0.39, 0.29) is 11.9 Å². The van der Waals surface area contributed by atoms with Gasteiger partial charge in [-0.3, -0.25) is 9.48 Å². The molecule has 0 bridgehead atoms. The number of carbonyl (C=O) groups excluding carboxylic acids is 1. The van der Waals surface area contributed by atoms with Gasteiger partial charge in [0.25, 0.3) is 0 Å². The molecule has 1 aliphatic heterocycles. The summed E-state index contributed by atoms with van der Waals surface area (Å²) in [5.74, 6) is 0.726. The van der Waals surface area contributed by atoms with Gasteiger partial charge in [0.05, 0.1) is 11.6 Å². The van der Waals surface area contributed by atoms with E-state index in [1.165, 1.54) is 6.33 Å². The molecular formula is C17H18N6O. The van der Waals surface area contributed by atoms with E-state index in [0.29, 0.717) is 5.82 Å². The van der Waals surface area contributed by atoms with Crippen LogP contribution in [0, 0.1) is 0 Å². The number of aromatic nitrogens is 4. The highest BCUT2D eigenvalue weighted by Gasteiger charge is 2.30. The summed E-state index contributed by atoms with van der Waals surface area (Å²) >= 11 is 0. The fraction of sp³-hybridized carbons (Fsp3) is 0.294. The van der Waals surface area contributed by atoms with Gasteiger partial charge in [0.1, 0.15) is 18.2 Å². The SMILES string of the molecule is Cn1ncc2c(N[C@H]3CCCN(c4ccccc4)C3=O)ncnc21. The lowest BCUT2D eigenvalue weighted by molar-refractivity contribution is -0.120. The first kappa shape index (κ1) is 14.6. The molecule has 4 rings (SSSR count). The minimum absolute atomic E-state index is 0.0723. The van der Waals surface area contributed by atoms with Crippen LogP contribution in [0.1, 0.15) is 12.8 Å². The lowest BCUT2D eigenvalue weighted by Crippen LogP contribution is -2.47. The third-order valence-corrected chi connectivity index (χ3v) is 4.35. The first-order valence-electron chi connectivity index (χ1n) is 8.00. The van der Waals surface area contributed by atoms with E-state index in [9.17, 15) is 4.79 Å². The summed E-state index contributed by atoms with van der Waals surface area (Å²) in [6.45, 7) is 0.743. The molecular weight excluding hydrogens is 304 g/mol. The second-order valence-electron chi connectivity index (χ2n) is 5.89. The molecule has 3 heterocycles. The highest BCUT2D eigenvalue weighted by Crippen LogP contribution is 2.24. The number of hydrogen-bond donors (Lipinski definition) is 1. The summed E-state index contributed by atoms with van der Waals surface area (Å²) in [4.78, 5) is 23.2. The van der Waals surface area contributed by atoms with Crippen LogP contribution >= 0.6 is 0 Å². The Hall–Kier alpha value is -2.96. The van der Waals surface area contributed by atoms with E-state index < -0.39 is 0 Å². The van der Waals surface area contributed by atoms with Crippen molar-refractivity contribution >= 4 is 28.4 Å². The third kappa shape index (κ3) is 2.47. The van der Waals surface area contributed by atoms with E-state index in [0.717, 1.165) is 36.1 Å². The molecule has 7 heteroatoms. The largest absolute Gasteiger partial charge is 0.358 e. The van der Waals surface area contributed by atoms with Crippen LogP contribution in [-0.2, 0) is 11.8 Å². The van der Waals surface area contributed by atoms with Crippen molar-refractivity contribution in [1.82, 2.24) is 19.7 Å². The Labute approximate surface area is 139 Å². The van der Waals surface area contributed by atoms with Crippen molar-refractivity contribution in [3.63, 3.8) is 0 Å². The Morgan fingerprint density at radius 3 is 2.88 bits per heavy atom. The molecule has 0 aliphatic carbocycles. The quantitative estimate of drug-likeness (QED) is 0.798. The van der Waals surface area contributed by atoms with Crippen molar-refractivity contribution in [2.45, 2.75) is 18.9 Å². The molecule has 1 N–H and O–H groups in total. The van der Waals surface area contributed by atoms with Gasteiger partial charge < -0.3 is 10.2 Å². The molecule has 24 heavy (non-hydrogen) atoms. The zero-order valence-corrected chi connectivity index (χ0v) is 13.4. The zero-order chi connectivity index (χ0) is 16.5. The van der Waals surface area contributed by atoms with Crippen LogP contribution in [0.3, 0.4) is 0 Å². The molecule has 1 aromatic carbocycles. The van der Waals surface area contributed by atoms with Gasteiger partial charge in [0, 0.05) is 19.3 Å². The minimum atomic E-state index is -0.294. The standard InChI is InChI=1S/C17H18N6O/c1-22-16-13(10-20-22)15(18-11-19-16)21-14-8-5-9-23(17(14)24)12-6-3-2-4-7-12/h2-4,6-7,10-11,14H,5,8-9H2,1H3,(H,18,19,21)/t14-/m0/s1. The number of carbonyl (C=O) groups is 1. The number of piperidine rings is 1. The van der Waals surface area contributed by atoms with Crippen molar-refractivity contribution in [2.24, 2.45) is 7.05 Å². The van der Waals surface area contributed by atoms with E-state index in [2.05, 4.69) is 20.4 Å². The monoisotopic (exact) mass is 322 g/mol. The van der Waals surface area contributed by atoms with Gasteiger partial charge >= 0.3 is 0 Å². The number of para-hydroxylation sites is 1. The Morgan fingerprint density at radius 1 is 1.21 bits per heavy atom. The Kier molecular flexibility index (Phi) is 3.60. The summed E-state index contributed by atoms with van der Waals surface area (Å²) in [6, 6.07) is 9.48. The van der Waals surface area contributed by atoms with Gasteiger partial charge in [0.15, 0.2) is 5.65 Å². The number of rotatable bonds is 3. The number of benzene rings is 1.